The summed E-state index contributed by atoms with van der Waals surface area (Å²) in [4.78, 5) is 14.0. The molecule has 3 heteroatoms. The van der Waals surface area contributed by atoms with Gasteiger partial charge in [-0.2, -0.15) is 0 Å². The normalized spacial score (nSPS) is 26.4. The van der Waals surface area contributed by atoms with Gasteiger partial charge in [-0.1, -0.05) is 19.8 Å². The van der Waals surface area contributed by atoms with Gasteiger partial charge < -0.3 is 10.2 Å². The average Bonchev–Trinajstić information content (AvgIpc) is 2.89. The molecule has 2 rings (SSSR count). The van der Waals surface area contributed by atoms with Crippen LogP contribution in [0.15, 0.2) is 0 Å². The van der Waals surface area contributed by atoms with Crippen molar-refractivity contribution in [2.45, 2.75) is 70.4 Å². The van der Waals surface area contributed by atoms with Gasteiger partial charge in [0, 0.05) is 31.6 Å². The van der Waals surface area contributed by atoms with Crippen LogP contribution in [-0.2, 0) is 4.79 Å². The highest BCUT2D eigenvalue weighted by Gasteiger charge is 2.26. The third-order valence-electron chi connectivity index (χ3n) is 4.25. The minimum atomic E-state index is 0.336. The number of carbonyl (C=O) groups is 1. The van der Waals surface area contributed by atoms with Gasteiger partial charge in [-0.05, 0) is 32.1 Å². The maximum atomic E-state index is 11.9. The summed E-state index contributed by atoms with van der Waals surface area (Å²) < 4.78 is 0. The summed E-state index contributed by atoms with van der Waals surface area (Å²) in [5.41, 5.74) is 0. The maximum absolute atomic E-state index is 11.9. The largest absolute Gasteiger partial charge is 0.338 e. The van der Waals surface area contributed by atoms with Gasteiger partial charge in [-0.15, -0.1) is 0 Å². The summed E-state index contributed by atoms with van der Waals surface area (Å²) in [5.74, 6) is 0.336. The highest BCUT2D eigenvalue weighted by atomic mass is 16.2. The van der Waals surface area contributed by atoms with E-state index in [0.29, 0.717) is 18.4 Å². The number of hydrogen-bond acceptors (Lipinski definition) is 2. The quantitative estimate of drug-likeness (QED) is 0.815. The standard InChI is InChI=1S/C14H26N2O/c1-2-14(17)16-10-6-5-9-13(16)11-15-12-7-3-4-8-12/h12-13,15H,2-11H2,1H3. The van der Waals surface area contributed by atoms with E-state index < -0.39 is 0 Å². The molecule has 1 amide bonds. The molecular weight excluding hydrogens is 212 g/mol. The summed E-state index contributed by atoms with van der Waals surface area (Å²) in [6.45, 7) is 3.96. The second kappa shape index (κ2) is 6.39. The van der Waals surface area contributed by atoms with Crippen LogP contribution >= 0.6 is 0 Å². The Morgan fingerprint density at radius 2 is 1.88 bits per heavy atom. The Kier molecular flexibility index (Phi) is 4.84. The summed E-state index contributed by atoms with van der Waals surface area (Å²) >= 11 is 0. The molecular formula is C14H26N2O. The summed E-state index contributed by atoms with van der Waals surface area (Å²) in [6.07, 6.45) is 9.71. The van der Waals surface area contributed by atoms with Gasteiger partial charge in [0.05, 0.1) is 0 Å². The molecule has 0 spiro atoms. The molecule has 1 heterocycles. The number of rotatable bonds is 4. The molecule has 17 heavy (non-hydrogen) atoms. The number of carbonyl (C=O) groups excluding carboxylic acids is 1. The zero-order valence-corrected chi connectivity index (χ0v) is 11.1. The zero-order chi connectivity index (χ0) is 12.1. The summed E-state index contributed by atoms with van der Waals surface area (Å²) in [5, 5.41) is 3.67. The molecule has 0 aromatic carbocycles. The number of nitrogens with one attached hydrogen (secondary N) is 1. The third kappa shape index (κ3) is 3.44. The smallest absolute Gasteiger partial charge is 0.222 e. The fourth-order valence-electron chi connectivity index (χ4n) is 3.18. The molecule has 1 atom stereocenters. The molecule has 2 fully saturated rings. The van der Waals surface area contributed by atoms with Crippen molar-refractivity contribution in [2.75, 3.05) is 13.1 Å². The first kappa shape index (κ1) is 12.9. The SMILES string of the molecule is CCC(=O)N1CCCCC1CNC1CCCC1. The maximum Gasteiger partial charge on any atom is 0.222 e. The monoisotopic (exact) mass is 238 g/mol. The Morgan fingerprint density at radius 1 is 1.18 bits per heavy atom. The van der Waals surface area contributed by atoms with Crippen molar-refractivity contribution in [3.63, 3.8) is 0 Å². The summed E-state index contributed by atoms with van der Waals surface area (Å²) in [7, 11) is 0. The predicted molar refractivity (Wildman–Crippen MR) is 69.9 cm³/mol. The van der Waals surface area contributed by atoms with Crippen LogP contribution in [0.5, 0.6) is 0 Å². The van der Waals surface area contributed by atoms with E-state index in [4.69, 9.17) is 0 Å². The van der Waals surface area contributed by atoms with Gasteiger partial charge in [0.2, 0.25) is 5.91 Å². The first-order chi connectivity index (χ1) is 8.31. The van der Waals surface area contributed by atoms with Crippen molar-refractivity contribution >= 4 is 5.91 Å². The Bertz CT molecular complexity index is 249. The minimum Gasteiger partial charge on any atom is -0.338 e. The van der Waals surface area contributed by atoms with Crippen LogP contribution in [0.25, 0.3) is 0 Å². The summed E-state index contributed by atoms with van der Waals surface area (Å²) in [6, 6.07) is 1.17. The molecule has 0 aromatic rings. The van der Waals surface area contributed by atoms with Crippen LogP contribution in [-0.4, -0.2) is 36.0 Å². The zero-order valence-electron chi connectivity index (χ0n) is 11.1. The van der Waals surface area contributed by atoms with Crippen molar-refractivity contribution in [3.8, 4) is 0 Å². The van der Waals surface area contributed by atoms with Gasteiger partial charge in [0.15, 0.2) is 0 Å². The van der Waals surface area contributed by atoms with Crippen LogP contribution < -0.4 is 5.32 Å². The Balaban J connectivity index is 1.80. The molecule has 0 bridgehead atoms. The van der Waals surface area contributed by atoms with E-state index in [9.17, 15) is 4.79 Å². The number of likely N-dealkylation sites (tertiary alicyclic amines) is 1. The average molecular weight is 238 g/mol. The van der Waals surface area contributed by atoms with Crippen molar-refractivity contribution in [1.82, 2.24) is 10.2 Å². The van der Waals surface area contributed by atoms with Crippen LogP contribution in [0, 0.1) is 0 Å². The number of nitrogens with zero attached hydrogens (tertiary/aromatic N) is 1. The lowest BCUT2D eigenvalue weighted by atomic mass is 10.0. The first-order valence-corrected chi connectivity index (χ1v) is 7.34. The Labute approximate surface area is 105 Å². The lowest BCUT2D eigenvalue weighted by Gasteiger charge is -2.36. The van der Waals surface area contributed by atoms with E-state index in [1.165, 1.54) is 44.9 Å². The van der Waals surface area contributed by atoms with E-state index in [0.717, 1.165) is 19.1 Å². The molecule has 0 aromatic heterocycles. The fraction of sp³-hybridized carbons (Fsp3) is 0.929. The Morgan fingerprint density at radius 3 is 2.59 bits per heavy atom. The number of piperidine rings is 1. The second-order valence-corrected chi connectivity index (χ2v) is 5.48. The molecule has 1 saturated carbocycles. The number of hydrogen-bond donors (Lipinski definition) is 1. The van der Waals surface area contributed by atoms with Gasteiger partial charge in [0.25, 0.3) is 0 Å². The first-order valence-electron chi connectivity index (χ1n) is 7.34. The van der Waals surface area contributed by atoms with Crippen molar-refractivity contribution in [3.05, 3.63) is 0 Å². The molecule has 98 valence electrons. The topological polar surface area (TPSA) is 32.3 Å². The highest BCUT2D eigenvalue weighted by molar-refractivity contribution is 5.76. The molecule has 1 N–H and O–H groups in total. The lowest BCUT2D eigenvalue weighted by Crippen LogP contribution is -2.49. The second-order valence-electron chi connectivity index (χ2n) is 5.48. The fourth-order valence-corrected chi connectivity index (χ4v) is 3.18. The van der Waals surface area contributed by atoms with Gasteiger partial charge >= 0.3 is 0 Å². The molecule has 2 aliphatic rings. The van der Waals surface area contributed by atoms with E-state index in [1.807, 2.05) is 6.92 Å². The Hall–Kier alpha value is -0.570. The van der Waals surface area contributed by atoms with Crippen LogP contribution in [0.2, 0.25) is 0 Å². The van der Waals surface area contributed by atoms with E-state index in [1.54, 1.807) is 0 Å². The van der Waals surface area contributed by atoms with Crippen molar-refractivity contribution in [2.24, 2.45) is 0 Å². The molecule has 1 aliphatic heterocycles. The van der Waals surface area contributed by atoms with Gasteiger partial charge in [-0.3, -0.25) is 4.79 Å². The van der Waals surface area contributed by atoms with Gasteiger partial charge in [0.1, 0.15) is 0 Å². The lowest BCUT2D eigenvalue weighted by molar-refractivity contribution is -0.134. The van der Waals surface area contributed by atoms with Crippen molar-refractivity contribution in [1.29, 1.82) is 0 Å². The molecule has 1 aliphatic carbocycles. The van der Waals surface area contributed by atoms with E-state index in [2.05, 4.69) is 10.2 Å². The minimum absolute atomic E-state index is 0.336. The predicted octanol–water partition coefficient (Wildman–Crippen LogP) is 2.31. The highest BCUT2D eigenvalue weighted by Crippen LogP contribution is 2.20. The van der Waals surface area contributed by atoms with Crippen LogP contribution in [0.4, 0.5) is 0 Å². The van der Waals surface area contributed by atoms with Crippen molar-refractivity contribution < 1.29 is 4.79 Å². The molecule has 1 saturated heterocycles. The third-order valence-corrected chi connectivity index (χ3v) is 4.25. The molecule has 1 unspecified atom stereocenters. The van der Waals surface area contributed by atoms with Crippen LogP contribution in [0.1, 0.15) is 58.3 Å². The molecule has 3 nitrogen and oxygen atoms in total. The molecule has 0 radical (unpaired) electrons. The number of amides is 1. The van der Waals surface area contributed by atoms with E-state index in [-0.39, 0.29) is 0 Å². The van der Waals surface area contributed by atoms with Crippen LogP contribution in [0.3, 0.4) is 0 Å². The van der Waals surface area contributed by atoms with Gasteiger partial charge in [-0.25, -0.2) is 0 Å². The van der Waals surface area contributed by atoms with E-state index >= 15 is 0 Å².